The Bertz CT molecular complexity index is 512. The SMILES string of the molecule is COCc1ccc(C2C(C(=O)O)CCCC(=O)N2C)cc1. The first kappa shape index (κ1) is 15.5. The van der Waals surface area contributed by atoms with Crippen molar-refractivity contribution in [2.24, 2.45) is 5.92 Å². The van der Waals surface area contributed by atoms with Crippen LogP contribution in [0.2, 0.25) is 0 Å². The summed E-state index contributed by atoms with van der Waals surface area (Å²) in [5.41, 5.74) is 1.88. The van der Waals surface area contributed by atoms with Crippen LogP contribution in [0.25, 0.3) is 0 Å². The van der Waals surface area contributed by atoms with Gasteiger partial charge < -0.3 is 14.7 Å². The van der Waals surface area contributed by atoms with Gasteiger partial charge in [-0.25, -0.2) is 0 Å². The summed E-state index contributed by atoms with van der Waals surface area (Å²) in [6.07, 6.45) is 1.56. The van der Waals surface area contributed by atoms with Crippen LogP contribution in [0.3, 0.4) is 0 Å². The fourth-order valence-corrected chi connectivity index (χ4v) is 2.92. The number of hydrogen-bond donors (Lipinski definition) is 1. The van der Waals surface area contributed by atoms with Crippen LogP contribution in [0.5, 0.6) is 0 Å². The molecule has 5 nitrogen and oxygen atoms in total. The molecule has 0 spiro atoms. The summed E-state index contributed by atoms with van der Waals surface area (Å²) in [7, 11) is 3.32. The number of carboxylic acid groups (broad SMARTS) is 1. The number of hydrogen-bond acceptors (Lipinski definition) is 3. The summed E-state index contributed by atoms with van der Waals surface area (Å²) < 4.78 is 5.07. The predicted molar refractivity (Wildman–Crippen MR) is 77.6 cm³/mol. The topological polar surface area (TPSA) is 66.8 Å². The Morgan fingerprint density at radius 3 is 2.62 bits per heavy atom. The van der Waals surface area contributed by atoms with Crippen molar-refractivity contribution in [3.63, 3.8) is 0 Å². The number of rotatable bonds is 4. The van der Waals surface area contributed by atoms with Gasteiger partial charge in [0.2, 0.25) is 5.91 Å². The number of carbonyl (C=O) groups excluding carboxylic acids is 1. The van der Waals surface area contributed by atoms with Gasteiger partial charge in [0.1, 0.15) is 0 Å². The second-order valence-corrected chi connectivity index (χ2v) is 5.46. The third-order valence-corrected chi connectivity index (χ3v) is 4.05. The molecule has 1 aliphatic heterocycles. The van der Waals surface area contributed by atoms with Gasteiger partial charge in [-0.15, -0.1) is 0 Å². The average molecular weight is 291 g/mol. The number of nitrogens with zero attached hydrogens (tertiary/aromatic N) is 1. The van der Waals surface area contributed by atoms with Gasteiger partial charge in [0.15, 0.2) is 0 Å². The van der Waals surface area contributed by atoms with Gasteiger partial charge in [-0.05, 0) is 24.0 Å². The number of benzene rings is 1. The molecule has 1 heterocycles. The number of carbonyl (C=O) groups is 2. The van der Waals surface area contributed by atoms with Crippen LogP contribution < -0.4 is 0 Å². The summed E-state index contributed by atoms with van der Waals surface area (Å²) >= 11 is 0. The number of aliphatic carboxylic acids is 1. The quantitative estimate of drug-likeness (QED) is 0.923. The van der Waals surface area contributed by atoms with E-state index in [1.165, 1.54) is 0 Å². The molecule has 1 fully saturated rings. The minimum absolute atomic E-state index is 0.00437. The van der Waals surface area contributed by atoms with Crippen molar-refractivity contribution in [2.45, 2.75) is 31.9 Å². The highest BCUT2D eigenvalue weighted by atomic mass is 16.5. The van der Waals surface area contributed by atoms with Crippen molar-refractivity contribution in [3.8, 4) is 0 Å². The Balaban J connectivity index is 2.33. The molecule has 1 aliphatic rings. The summed E-state index contributed by atoms with van der Waals surface area (Å²) in [5, 5.41) is 9.48. The minimum atomic E-state index is -0.845. The highest BCUT2D eigenvalue weighted by Crippen LogP contribution is 2.35. The normalized spacial score (nSPS) is 23.0. The van der Waals surface area contributed by atoms with E-state index in [1.54, 1.807) is 19.1 Å². The van der Waals surface area contributed by atoms with E-state index in [4.69, 9.17) is 4.74 Å². The molecule has 0 bridgehead atoms. The molecule has 0 aromatic heterocycles. The largest absolute Gasteiger partial charge is 0.481 e. The fraction of sp³-hybridized carbons (Fsp3) is 0.500. The first-order valence-electron chi connectivity index (χ1n) is 7.11. The van der Waals surface area contributed by atoms with Gasteiger partial charge in [0.25, 0.3) is 0 Å². The van der Waals surface area contributed by atoms with E-state index < -0.39 is 17.9 Å². The molecule has 2 atom stereocenters. The molecule has 0 radical (unpaired) electrons. The van der Waals surface area contributed by atoms with Gasteiger partial charge >= 0.3 is 5.97 Å². The Kier molecular flexibility index (Phi) is 4.96. The zero-order chi connectivity index (χ0) is 15.4. The molecule has 1 N–H and O–H groups in total. The second kappa shape index (κ2) is 6.72. The highest BCUT2D eigenvalue weighted by Gasteiger charge is 2.36. The lowest BCUT2D eigenvalue weighted by Crippen LogP contribution is -2.36. The fourth-order valence-electron chi connectivity index (χ4n) is 2.92. The number of carboxylic acids is 1. The number of amides is 1. The van der Waals surface area contributed by atoms with Gasteiger partial charge in [0.05, 0.1) is 18.6 Å². The van der Waals surface area contributed by atoms with Gasteiger partial charge in [-0.1, -0.05) is 24.3 Å². The van der Waals surface area contributed by atoms with E-state index >= 15 is 0 Å². The molecular formula is C16H21NO4. The molecule has 2 unspecified atom stereocenters. The maximum atomic E-state index is 12.0. The summed E-state index contributed by atoms with van der Waals surface area (Å²) in [4.78, 5) is 25.2. The molecule has 5 heteroatoms. The molecule has 114 valence electrons. The van der Waals surface area contributed by atoms with E-state index in [2.05, 4.69) is 0 Å². The number of methoxy groups -OCH3 is 1. The molecule has 1 saturated heterocycles. The molecule has 0 saturated carbocycles. The monoisotopic (exact) mass is 291 g/mol. The Morgan fingerprint density at radius 2 is 2.05 bits per heavy atom. The van der Waals surface area contributed by atoms with Crippen molar-refractivity contribution in [3.05, 3.63) is 35.4 Å². The molecule has 1 aromatic carbocycles. The lowest BCUT2D eigenvalue weighted by Gasteiger charge is -2.30. The maximum Gasteiger partial charge on any atom is 0.308 e. The van der Waals surface area contributed by atoms with Crippen molar-refractivity contribution in [1.82, 2.24) is 4.90 Å². The van der Waals surface area contributed by atoms with Crippen molar-refractivity contribution < 1.29 is 19.4 Å². The van der Waals surface area contributed by atoms with Crippen molar-refractivity contribution in [1.29, 1.82) is 0 Å². The Labute approximate surface area is 124 Å². The Hall–Kier alpha value is -1.88. The summed E-state index contributed by atoms with van der Waals surface area (Å²) in [5.74, 6) is -1.40. The van der Waals surface area contributed by atoms with Crippen LogP contribution >= 0.6 is 0 Å². The van der Waals surface area contributed by atoms with Crippen LogP contribution in [0.1, 0.15) is 36.4 Å². The van der Waals surface area contributed by atoms with Crippen molar-refractivity contribution in [2.75, 3.05) is 14.2 Å². The average Bonchev–Trinajstić information content (AvgIpc) is 2.61. The minimum Gasteiger partial charge on any atom is -0.481 e. The highest BCUT2D eigenvalue weighted by molar-refractivity contribution is 5.79. The van der Waals surface area contributed by atoms with Crippen LogP contribution in [0.15, 0.2) is 24.3 Å². The summed E-state index contributed by atoms with van der Waals surface area (Å²) in [6, 6.07) is 7.21. The van der Waals surface area contributed by atoms with E-state index in [0.29, 0.717) is 25.9 Å². The molecule has 1 amide bonds. The standard InChI is InChI=1S/C16H21NO4/c1-17-14(18)5-3-4-13(16(19)20)15(17)12-8-6-11(7-9-12)10-21-2/h6-9,13,15H,3-5,10H2,1-2H3,(H,19,20). The van der Waals surface area contributed by atoms with E-state index in [1.807, 2.05) is 24.3 Å². The first-order chi connectivity index (χ1) is 10.0. The Morgan fingerprint density at radius 1 is 1.38 bits per heavy atom. The molecule has 21 heavy (non-hydrogen) atoms. The smallest absolute Gasteiger partial charge is 0.308 e. The molecule has 2 rings (SSSR count). The molecule has 1 aromatic rings. The summed E-state index contributed by atoms with van der Waals surface area (Å²) in [6.45, 7) is 0.516. The zero-order valence-electron chi connectivity index (χ0n) is 12.4. The lowest BCUT2D eigenvalue weighted by atomic mass is 9.89. The third kappa shape index (κ3) is 3.42. The van der Waals surface area contributed by atoms with E-state index in [9.17, 15) is 14.7 Å². The van der Waals surface area contributed by atoms with Crippen LogP contribution in [-0.4, -0.2) is 36.0 Å². The zero-order valence-corrected chi connectivity index (χ0v) is 12.4. The van der Waals surface area contributed by atoms with Crippen LogP contribution in [0, 0.1) is 5.92 Å². The van der Waals surface area contributed by atoms with E-state index in [0.717, 1.165) is 11.1 Å². The van der Waals surface area contributed by atoms with Crippen LogP contribution in [0.4, 0.5) is 0 Å². The van der Waals surface area contributed by atoms with Gasteiger partial charge in [0, 0.05) is 20.6 Å². The van der Waals surface area contributed by atoms with Gasteiger partial charge in [-0.3, -0.25) is 9.59 Å². The first-order valence-corrected chi connectivity index (χ1v) is 7.11. The number of likely N-dealkylation sites (tertiary alicyclic amines) is 1. The van der Waals surface area contributed by atoms with Crippen molar-refractivity contribution >= 4 is 11.9 Å². The van der Waals surface area contributed by atoms with E-state index in [-0.39, 0.29) is 5.91 Å². The predicted octanol–water partition coefficient (Wildman–Crippen LogP) is 2.22. The third-order valence-electron chi connectivity index (χ3n) is 4.05. The molecular weight excluding hydrogens is 270 g/mol. The number of ether oxygens (including phenoxy) is 1. The lowest BCUT2D eigenvalue weighted by molar-refractivity contribution is -0.145. The second-order valence-electron chi connectivity index (χ2n) is 5.46. The molecule has 0 aliphatic carbocycles. The maximum absolute atomic E-state index is 12.0. The van der Waals surface area contributed by atoms with Crippen LogP contribution in [-0.2, 0) is 20.9 Å². The van der Waals surface area contributed by atoms with Gasteiger partial charge in [-0.2, -0.15) is 0 Å².